The average Bonchev–Trinajstić information content (AvgIpc) is 3.48. The minimum atomic E-state index is -0.669. The monoisotopic (exact) mass is 438 g/mol. The van der Waals surface area contributed by atoms with Crippen molar-refractivity contribution >= 4 is 17.6 Å². The number of aromatic nitrogens is 3. The third-order valence-electron chi connectivity index (χ3n) is 6.95. The number of aryl methyl sites for hydroxylation is 1. The Morgan fingerprint density at radius 2 is 1.94 bits per heavy atom. The Kier molecular flexibility index (Phi) is 5.58. The molecule has 3 amide bonds. The number of piperidine rings is 1. The van der Waals surface area contributed by atoms with Crippen molar-refractivity contribution < 1.29 is 14.3 Å². The van der Waals surface area contributed by atoms with Gasteiger partial charge in [-0.05, 0) is 31.9 Å². The second kappa shape index (κ2) is 8.54. The maximum atomic E-state index is 13.1. The van der Waals surface area contributed by atoms with Crippen molar-refractivity contribution in [2.45, 2.75) is 69.7 Å². The second-order valence-corrected chi connectivity index (χ2v) is 9.05. The van der Waals surface area contributed by atoms with E-state index in [1.165, 1.54) is 12.8 Å². The summed E-state index contributed by atoms with van der Waals surface area (Å²) in [4.78, 5) is 36.4. The van der Waals surface area contributed by atoms with Crippen LogP contribution in [0.15, 0.2) is 30.7 Å². The highest BCUT2D eigenvalue weighted by atomic mass is 16.5. The third-order valence-corrected chi connectivity index (χ3v) is 6.95. The van der Waals surface area contributed by atoms with Crippen LogP contribution in [0.5, 0.6) is 0 Å². The van der Waals surface area contributed by atoms with Gasteiger partial charge in [-0.2, -0.15) is 0 Å². The molecule has 2 aromatic heterocycles. The van der Waals surface area contributed by atoms with Gasteiger partial charge in [0.15, 0.2) is 6.10 Å². The lowest BCUT2D eigenvalue weighted by molar-refractivity contribution is -0.167. The molecule has 5 rings (SSSR count). The number of carbonyl (C=O) groups excluding carboxylic acids is 2. The summed E-state index contributed by atoms with van der Waals surface area (Å²) in [6, 6.07) is 3.94. The van der Waals surface area contributed by atoms with Gasteiger partial charge in [0.25, 0.3) is 5.91 Å². The predicted octanol–water partition coefficient (Wildman–Crippen LogP) is 2.57. The summed E-state index contributed by atoms with van der Waals surface area (Å²) in [5.74, 6) is 0.649. The summed E-state index contributed by atoms with van der Waals surface area (Å²) < 4.78 is 8.47. The van der Waals surface area contributed by atoms with Crippen LogP contribution in [-0.4, -0.2) is 56.6 Å². The molecular weight excluding hydrogens is 408 g/mol. The Morgan fingerprint density at radius 3 is 2.69 bits per heavy atom. The van der Waals surface area contributed by atoms with Crippen molar-refractivity contribution in [3.05, 3.63) is 42.2 Å². The first-order valence-corrected chi connectivity index (χ1v) is 11.5. The topological polar surface area (TPSA) is 101 Å². The fourth-order valence-corrected chi connectivity index (χ4v) is 5.11. The molecule has 1 saturated carbocycles. The van der Waals surface area contributed by atoms with Crippen molar-refractivity contribution in [2.24, 2.45) is 0 Å². The van der Waals surface area contributed by atoms with Gasteiger partial charge in [-0.3, -0.25) is 9.78 Å². The van der Waals surface area contributed by atoms with E-state index in [2.05, 4.69) is 20.6 Å². The number of anilines is 1. The number of urea groups is 1. The molecular formula is C23H30N6O3. The molecule has 9 nitrogen and oxygen atoms in total. The Bertz CT molecular complexity index is 991. The van der Waals surface area contributed by atoms with Gasteiger partial charge in [0.2, 0.25) is 0 Å². The average molecular weight is 439 g/mol. The zero-order valence-electron chi connectivity index (χ0n) is 18.4. The zero-order chi connectivity index (χ0) is 22.1. The molecule has 0 aromatic carbocycles. The molecule has 2 aromatic rings. The molecule has 170 valence electrons. The molecule has 3 aliphatic rings. The molecule has 2 N–H and O–H groups in total. The molecule has 2 fully saturated rings. The van der Waals surface area contributed by atoms with E-state index in [-0.39, 0.29) is 11.9 Å². The molecule has 0 bridgehead atoms. The van der Waals surface area contributed by atoms with Crippen LogP contribution in [0.4, 0.5) is 10.5 Å². The van der Waals surface area contributed by atoms with Crippen LogP contribution in [0.1, 0.15) is 50.0 Å². The largest absolute Gasteiger partial charge is 0.352 e. The fourth-order valence-electron chi connectivity index (χ4n) is 5.11. The Balaban J connectivity index is 1.28. The first kappa shape index (κ1) is 20.9. The smallest absolute Gasteiger partial charge is 0.317 e. The normalized spacial score (nSPS) is 22.5. The van der Waals surface area contributed by atoms with Crippen molar-refractivity contribution in [2.75, 3.05) is 18.4 Å². The number of fused-ring (bicyclic) bond motifs is 2. The quantitative estimate of drug-likeness (QED) is 0.767. The van der Waals surface area contributed by atoms with E-state index >= 15 is 0 Å². The zero-order valence-corrected chi connectivity index (χ0v) is 18.4. The van der Waals surface area contributed by atoms with Gasteiger partial charge in [0.1, 0.15) is 11.4 Å². The number of amides is 3. The van der Waals surface area contributed by atoms with Gasteiger partial charge in [0, 0.05) is 50.6 Å². The Labute approximate surface area is 187 Å². The summed E-state index contributed by atoms with van der Waals surface area (Å²) in [7, 11) is 0. The number of hydrogen-bond donors (Lipinski definition) is 2. The highest BCUT2D eigenvalue weighted by molar-refractivity contribution is 5.94. The highest BCUT2D eigenvalue weighted by Crippen LogP contribution is 2.40. The molecule has 32 heavy (non-hydrogen) atoms. The number of ether oxygens (including phenoxy) is 1. The van der Waals surface area contributed by atoms with Gasteiger partial charge in [-0.1, -0.05) is 12.8 Å². The van der Waals surface area contributed by atoms with Gasteiger partial charge >= 0.3 is 6.03 Å². The van der Waals surface area contributed by atoms with E-state index in [0.717, 1.165) is 24.4 Å². The standard InChI is InChI=1S/C23H30N6O3/c1-16-18(7-4-10-24-16)27-20(30)19-15-29-14-11-25-21(29)23(32-19)8-12-28(13-9-23)22(31)26-17-5-2-3-6-17/h4,7,10-11,14,17,19H,2-3,5-6,8-9,12-13,15H2,1H3,(H,26,31)(H,27,30)/t19-/m1/s1. The molecule has 1 aliphatic carbocycles. The number of likely N-dealkylation sites (tertiary alicyclic amines) is 1. The maximum Gasteiger partial charge on any atom is 0.317 e. The summed E-state index contributed by atoms with van der Waals surface area (Å²) in [5, 5.41) is 6.13. The van der Waals surface area contributed by atoms with Gasteiger partial charge in [0.05, 0.1) is 17.9 Å². The lowest BCUT2D eigenvalue weighted by Gasteiger charge is -2.45. The number of hydrogen-bond acceptors (Lipinski definition) is 5. The second-order valence-electron chi connectivity index (χ2n) is 9.05. The van der Waals surface area contributed by atoms with Crippen LogP contribution in [-0.2, 0) is 21.7 Å². The third kappa shape index (κ3) is 3.97. The first-order chi connectivity index (χ1) is 15.5. The summed E-state index contributed by atoms with van der Waals surface area (Å²) in [5.41, 5.74) is 0.777. The van der Waals surface area contributed by atoms with Crippen LogP contribution in [0, 0.1) is 6.92 Å². The number of pyridine rings is 1. The fraction of sp³-hybridized carbons (Fsp3) is 0.565. The Morgan fingerprint density at radius 1 is 1.16 bits per heavy atom. The molecule has 9 heteroatoms. The van der Waals surface area contributed by atoms with Gasteiger partial charge < -0.3 is 24.8 Å². The van der Waals surface area contributed by atoms with Crippen LogP contribution >= 0.6 is 0 Å². The van der Waals surface area contributed by atoms with E-state index in [4.69, 9.17) is 4.74 Å². The highest BCUT2D eigenvalue weighted by Gasteiger charge is 2.47. The minimum absolute atomic E-state index is 0.00671. The molecule has 1 spiro atoms. The first-order valence-electron chi connectivity index (χ1n) is 11.5. The summed E-state index contributed by atoms with van der Waals surface area (Å²) in [6.45, 7) is 3.41. The minimum Gasteiger partial charge on any atom is -0.352 e. The summed E-state index contributed by atoms with van der Waals surface area (Å²) in [6.07, 6.45) is 10.4. The van der Waals surface area contributed by atoms with E-state index in [1.54, 1.807) is 18.5 Å². The van der Waals surface area contributed by atoms with Crippen molar-refractivity contribution in [1.82, 2.24) is 24.8 Å². The molecule has 1 atom stereocenters. The molecule has 0 radical (unpaired) electrons. The van der Waals surface area contributed by atoms with E-state index in [0.29, 0.717) is 44.2 Å². The maximum absolute atomic E-state index is 13.1. The van der Waals surface area contributed by atoms with Gasteiger partial charge in [-0.15, -0.1) is 0 Å². The van der Waals surface area contributed by atoms with E-state index < -0.39 is 11.7 Å². The lowest BCUT2D eigenvalue weighted by Crippen LogP contribution is -2.55. The molecule has 1 saturated heterocycles. The van der Waals surface area contributed by atoms with Crippen LogP contribution in [0.25, 0.3) is 0 Å². The summed E-state index contributed by atoms with van der Waals surface area (Å²) >= 11 is 0. The number of rotatable bonds is 3. The van der Waals surface area contributed by atoms with Gasteiger partial charge in [-0.25, -0.2) is 9.78 Å². The van der Waals surface area contributed by atoms with E-state index in [1.807, 2.05) is 28.7 Å². The van der Waals surface area contributed by atoms with E-state index in [9.17, 15) is 9.59 Å². The molecule has 4 heterocycles. The van der Waals surface area contributed by atoms with Crippen LogP contribution in [0.2, 0.25) is 0 Å². The number of nitrogens with one attached hydrogen (secondary N) is 2. The lowest BCUT2D eigenvalue weighted by atomic mass is 9.88. The SMILES string of the molecule is Cc1ncccc1NC(=O)[C@H]1Cn2ccnc2C2(CCN(C(=O)NC3CCCC3)CC2)O1. The van der Waals surface area contributed by atoms with Crippen molar-refractivity contribution in [3.8, 4) is 0 Å². The van der Waals surface area contributed by atoms with Crippen LogP contribution < -0.4 is 10.6 Å². The van der Waals surface area contributed by atoms with Crippen LogP contribution in [0.3, 0.4) is 0 Å². The predicted molar refractivity (Wildman–Crippen MR) is 118 cm³/mol. The Hall–Kier alpha value is -2.94. The number of nitrogens with zero attached hydrogens (tertiary/aromatic N) is 4. The molecule has 2 aliphatic heterocycles. The van der Waals surface area contributed by atoms with Crippen molar-refractivity contribution in [1.29, 1.82) is 0 Å². The molecule has 0 unspecified atom stereocenters. The van der Waals surface area contributed by atoms with Crippen molar-refractivity contribution in [3.63, 3.8) is 0 Å². The number of imidazole rings is 1. The number of carbonyl (C=O) groups is 2.